The first-order valence-corrected chi connectivity index (χ1v) is 6.42. The van der Waals surface area contributed by atoms with Gasteiger partial charge in [-0.1, -0.05) is 26.2 Å². The first-order valence-electron chi connectivity index (χ1n) is 6.42. The molecule has 4 nitrogen and oxygen atoms in total. The van der Waals surface area contributed by atoms with Gasteiger partial charge in [0.25, 0.3) is 0 Å². The summed E-state index contributed by atoms with van der Waals surface area (Å²) in [5, 5.41) is 6.42. The van der Waals surface area contributed by atoms with Crippen molar-refractivity contribution in [1.82, 2.24) is 4.98 Å². The van der Waals surface area contributed by atoms with Gasteiger partial charge in [-0.3, -0.25) is 0 Å². The summed E-state index contributed by atoms with van der Waals surface area (Å²) >= 11 is 0. The van der Waals surface area contributed by atoms with Crippen LogP contribution in [-0.4, -0.2) is 11.0 Å². The van der Waals surface area contributed by atoms with E-state index in [1.807, 2.05) is 19.2 Å². The highest BCUT2D eigenvalue weighted by molar-refractivity contribution is 5.61. The van der Waals surface area contributed by atoms with Crippen molar-refractivity contribution in [2.75, 3.05) is 5.32 Å². The van der Waals surface area contributed by atoms with Gasteiger partial charge >= 0.3 is 0 Å². The number of aryl methyl sites for hydroxylation is 1. The Bertz CT molecular complexity index is 386. The molecule has 1 aliphatic carbocycles. The molecule has 0 radical (unpaired) electrons. The number of hydrogen-bond acceptors (Lipinski definition) is 4. The Morgan fingerprint density at radius 2 is 2.18 bits per heavy atom. The number of anilines is 1. The molecule has 1 fully saturated rings. The number of rotatable bonds is 4. The van der Waals surface area contributed by atoms with Gasteiger partial charge in [0.1, 0.15) is 0 Å². The van der Waals surface area contributed by atoms with E-state index in [-0.39, 0.29) is 0 Å². The van der Waals surface area contributed by atoms with Crippen LogP contribution >= 0.6 is 0 Å². The minimum Gasteiger partial charge on any atom is -0.365 e. The number of pyridine rings is 1. The second-order valence-corrected chi connectivity index (χ2v) is 4.64. The first kappa shape index (κ1) is 12.0. The van der Waals surface area contributed by atoms with Gasteiger partial charge in [0.05, 0.1) is 0 Å². The molecule has 0 amide bonds. The van der Waals surface area contributed by atoms with Crippen molar-refractivity contribution in [3.05, 3.63) is 22.7 Å². The van der Waals surface area contributed by atoms with Crippen molar-refractivity contribution in [3.8, 4) is 0 Å². The first-order chi connectivity index (χ1) is 8.33. The topological polar surface area (TPSA) is 54.4 Å². The van der Waals surface area contributed by atoms with E-state index in [1.54, 1.807) is 0 Å². The molecule has 4 heteroatoms. The average molecular weight is 233 g/mol. The molecule has 92 valence electrons. The van der Waals surface area contributed by atoms with E-state index in [2.05, 4.69) is 15.5 Å². The Kier molecular flexibility index (Phi) is 4.07. The fraction of sp³-hybridized carbons (Fsp3) is 0.615. The van der Waals surface area contributed by atoms with Crippen molar-refractivity contribution in [3.63, 3.8) is 0 Å². The number of nitrogens with zero attached hydrogens (tertiary/aromatic N) is 2. The van der Waals surface area contributed by atoms with Crippen LogP contribution in [0, 0.1) is 4.91 Å². The van der Waals surface area contributed by atoms with E-state index in [9.17, 15) is 4.91 Å². The molecule has 0 bridgehead atoms. The number of nitrogens with one attached hydrogen (secondary N) is 1. The SMILES string of the molecule is CCc1cnc(NC2CCCCC2)c(N=O)c1. The highest BCUT2D eigenvalue weighted by Crippen LogP contribution is 2.27. The lowest BCUT2D eigenvalue weighted by Crippen LogP contribution is -2.22. The fourth-order valence-electron chi connectivity index (χ4n) is 2.31. The third-order valence-electron chi connectivity index (χ3n) is 3.38. The lowest BCUT2D eigenvalue weighted by Gasteiger charge is -2.23. The Morgan fingerprint density at radius 3 is 2.82 bits per heavy atom. The predicted molar refractivity (Wildman–Crippen MR) is 69.6 cm³/mol. The summed E-state index contributed by atoms with van der Waals surface area (Å²) in [5.41, 5.74) is 1.49. The highest BCUT2D eigenvalue weighted by atomic mass is 16.3. The largest absolute Gasteiger partial charge is 0.365 e. The summed E-state index contributed by atoms with van der Waals surface area (Å²) < 4.78 is 0. The molecule has 1 heterocycles. The molecule has 1 aliphatic rings. The normalized spacial score (nSPS) is 16.8. The van der Waals surface area contributed by atoms with Crippen molar-refractivity contribution in [2.45, 2.75) is 51.5 Å². The average Bonchev–Trinajstić information content (AvgIpc) is 2.40. The Balaban J connectivity index is 2.11. The molecular formula is C13H19N3O. The van der Waals surface area contributed by atoms with Crippen LogP contribution in [0.15, 0.2) is 17.4 Å². The maximum Gasteiger partial charge on any atom is 0.155 e. The monoisotopic (exact) mass is 233 g/mol. The second-order valence-electron chi connectivity index (χ2n) is 4.64. The Hall–Kier alpha value is -1.45. The van der Waals surface area contributed by atoms with Gasteiger partial charge in [0, 0.05) is 12.2 Å². The van der Waals surface area contributed by atoms with Crippen LogP contribution in [0.4, 0.5) is 11.5 Å². The van der Waals surface area contributed by atoms with E-state index in [4.69, 9.17) is 0 Å². The Labute approximate surface area is 102 Å². The summed E-state index contributed by atoms with van der Waals surface area (Å²) in [6.45, 7) is 2.04. The van der Waals surface area contributed by atoms with Gasteiger partial charge in [-0.25, -0.2) is 4.98 Å². The fourth-order valence-corrected chi connectivity index (χ4v) is 2.31. The minimum absolute atomic E-state index is 0.440. The molecular weight excluding hydrogens is 214 g/mol. The van der Waals surface area contributed by atoms with Gasteiger partial charge in [-0.2, -0.15) is 0 Å². The quantitative estimate of drug-likeness (QED) is 0.805. The van der Waals surface area contributed by atoms with E-state index in [0.717, 1.165) is 24.8 Å². The summed E-state index contributed by atoms with van der Waals surface area (Å²) in [7, 11) is 0. The molecule has 1 aromatic rings. The van der Waals surface area contributed by atoms with Crippen molar-refractivity contribution >= 4 is 11.5 Å². The summed E-state index contributed by atoms with van der Waals surface area (Å²) in [5.74, 6) is 0.643. The minimum atomic E-state index is 0.440. The molecule has 0 saturated heterocycles. The molecule has 0 spiro atoms. The molecule has 0 unspecified atom stereocenters. The van der Waals surface area contributed by atoms with Gasteiger partial charge in [0.2, 0.25) is 0 Å². The number of nitroso groups, excluding NO2 is 1. The van der Waals surface area contributed by atoms with Crippen LogP contribution in [0.1, 0.15) is 44.6 Å². The zero-order valence-electron chi connectivity index (χ0n) is 10.3. The van der Waals surface area contributed by atoms with Crippen molar-refractivity contribution in [2.24, 2.45) is 5.18 Å². The van der Waals surface area contributed by atoms with E-state index < -0.39 is 0 Å². The van der Waals surface area contributed by atoms with E-state index in [0.29, 0.717) is 17.5 Å². The predicted octanol–water partition coefficient (Wildman–Crippen LogP) is 3.79. The van der Waals surface area contributed by atoms with Crippen LogP contribution in [0.25, 0.3) is 0 Å². The smallest absolute Gasteiger partial charge is 0.155 e. The van der Waals surface area contributed by atoms with Gasteiger partial charge in [0.15, 0.2) is 11.5 Å². The van der Waals surface area contributed by atoms with Crippen LogP contribution in [-0.2, 0) is 6.42 Å². The van der Waals surface area contributed by atoms with Gasteiger partial charge < -0.3 is 5.32 Å². The molecule has 1 aromatic heterocycles. The molecule has 1 N–H and O–H groups in total. The van der Waals surface area contributed by atoms with Crippen molar-refractivity contribution < 1.29 is 0 Å². The molecule has 0 aliphatic heterocycles. The Morgan fingerprint density at radius 1 is 1.41 bits per heavy atom. The third-order valence-corrected chi connectivity index (χ3v) is 3.38. The maximum absolute atomic E-state index is 10.8. The lowest BCUT2D eigenvalue weighted by molar-refractivity contribution is 0.462. The third kappa shape index (κ3) is 3.02. The second kappa shape index (κ2) is 5.75. The zero-order valence-corrected chi connectivity index (χ0v) is 10.3. The summed E-state index contributed by atoms with van der Waals surface area (Å²) in [6, 6.07) is 2.27. The van der Waals surface area contributed by atoms with Crippen LogP contribution in [0.5, 0.6) is 0 Å². The van der Waals surface area contributed by atoms with Gasteiger partial charge in [-0.05, 0) is 36.1 Å². The van der Waals surface area contributed by atoms with Gasteiger partial charge in [-0.15, -0.1) is 4.91 Å². The molecule has 17 heavy (non-hydrogen) atoms. The van der Waals surface area contributed by atoms with Crippen LogP contribution < -0.4 is 5.32 Å². The highest BCUT2D eigenvalue weighted by Gasteiger charge is 2.15. The standard InChI is InChI=1S/C13H19N3O/c1-2-10-8-12(16-17)13(14-9-10)15-11-6-4-3-5-7-11/h8-9,11H,2-7H2,1H3,(H,14,15). The maximum atomic E-state index is 10.8. The zero-order chi connectivity index (χ0) is 12.1. The lowest BCUT2D eigenvalue weighted by atomic mass is 9.95. The number of aromatic nitrogens is 1. The van der Waals surface area contributed by atoms with Crippen LogP contribution in [0.3, 0.4) is 0 Å². The molecule has 0 atom stereocenters. The molecule has 2 rings (SSSR count). The van der Waals surface area contributed by atoms with Crippen LogP contribution in [0.2, 0.25) is 0 Å². The van der Waals surface area contributed by atoms with E-state index >= 15 is 0 Å². The molecule has 1 saturated carbocycles. The van der Waals surface area contributed by atoms with E-state index in [1.165, 1.54) is 19.3 Å². The molecule has 0 aromatic carbocycles. The summed E-state index contributed by atoms with van der Waals surface area (Å²) in [4.78, 5) is 15.1. The van der Waals surface area contributed by atoms with Crippen molar-refractivity contribution in [1.29, 1.82) is 0 Å². The number of hydrogen-bond donors (Lipinski definition) is 1. The summed E-state index contributed by atoms with van der Waals surface area (Å²) in [6.07, 6.45) is 8.85.